The molecular weight excluding hydrogens is 284 g/mol. The Morgan fingerprint density at radius 3 is 2.91 bits per heavy atom. The Balaban J connectivity index is 1.90. The minimum Gasteiger partial charge on any atom is -0.463 e. The van der Waals surface area contributed by atoms with Crippen LogP contribution in [0.2, 0.25) is 0 Å². The van der Waals surface area contributed by atoms with E-state index in [0.29, 0.717) is 23.4 Å². The van der Waals surface area contributed by atoms with E-state index in [9.17, 15) is 9.59 Å². The van der Waals surface area contributed by atoms with E-state index >= 15 is 0 Å². The topological polar surface area (TPSA) is 74.3 Å². The second-order valence-electron chi connectivity index (χ2n) is 4.96. The molecule has 0 aliphatic heterocycles. The average Bonchev–Trinajstić information content (AvgIpc) is 3.09. The summed E-state index contributed by atoms with van der Waals surface area (Å²) >= 11 is 0. The number of rotatable bonds is 4. The van der Waals surface area contributed by atoms with Crippen LogP contribution in [0.15, 0.2) is 34.9 Å². The van der Waals surface area contributed by atoms with Gasteiger partial charge in [0.05, 0.1) is 24.9 Å². The summed E-state index contributed by atoms with van der Waals surface area (Å²) in [5.41, 5.74) is 2.89. The molecule has 0 radical (unpaired) electrons. The molecule has 0 atom stereocenters. The molecule has 2 heterocycles. The van der Waals surface area contributed by atoms with Gasteiger partial charge in [-0.15, -0.1) is 0 Å². The maximum Gasteiger partial charge on any atom is 0.373 e. The first-order valence-electron chi connectivity index (χ1n) is 6.70. The molecule has 3 rings (SSSR count). The van der Waals surface area contributed by atoms with Crippen LogP contribution in [-0.4, -0.2) is 29.1 Å². The highest BCUT2D eigenvalue weighted by molar-refractivity contribution is 5.92. The molecule has 6 nitrogen and oxygen atoms in total. The molecule has 0 spiro atoms. The lowest BCUT2D eigenvalue weighted by atomic mass is 10.1. The van der Waals surface area contributed by atoms with Gasteiger partial charge in [-0.1, -0.05) is 6.07 Å². The van der Waals surface area contributed by atoms with Crippen LogP contribution in [0.3, 0.4) is 0 Å². The lowest BCUT2D eigenvalue weighted by Gasteiger charge is -2.01. The molecule has 0 fully saturated rings. The van der Waals surface area contributed by atoms with Crippen LogP contribution in [0.1, 0.15) is 32.2 Å². The van der Waals surface area contributed by atoms with Crippen molar-refractivity contribution in [1.82, 2.24) is 9.78 Å². The van der Waals surface area contributed by atoms with Crippen molar-refractivity contribution in [2.45, 2.75) is 13.5 Å². The average molecular weight is 298 g/mol. The Labute approximate surface area is 126 Å². The van der Waals surface area contributed by atoms with Gasteiger partial charge in [-0.3, -0.25) is 9.48 Å². The summed E-state index contributed by atoms with van der Waals surface area (Å²) in [6.07, 6.45) is 2.50. The number of benzene rings is 1. The third-order valence-electron chi connectivity index (χ3n) is 3.42. The number of hydrogen-bond acceptors (Lipinski definition) is 5. The molecule has 6 heteroatoms. The predicted molar refractivity (Wildman–Crippen MR) is 79.0 cm³/mol. The zero-order valence-electron chi connectivity index (χ0n) is 12.2. The maximum atomic E-state index is 11.5. The first-order valence-corrected chi connectivity index (χ1v) is 6.70. The molecule has 0 bridgehead atoms. The van der Waals surface area contributed by atoms with E-state index in [1.54, 1.807) is 29.9 Å². The molecule has 0 amide bonds. The van der Waals surface area contributed by atoms with Gasteiger partial charge in [-0.05, 0) is 30.7 Å². The summed E-state index contributed by atoms with van der Waals surface area (Å²) < 4.78 is 11.8. The van der Waals surface area contributed by atoms with Crippen molar-refractivity contribution in [2.24, 2.45) is 0 Å². The van der Waals surface area contributed by atoms with E-state index in [2.05, 4.69) is 9.84 Å². The van der Waals surface area contributed by atoms with Gasteiger partial charge in [-0.25, -0.2) is 4.79 Å². The van der Waals surface area contributed by atoms with Crippen molar-refractivity contribution < 1.29 is 18.7 Å². The second-order valence-corrected chi connectivity index (χ2v) is 4.96. The summed E-state index contributed by atoms with van der Waals surface area (Å²) in [6, 6.07) is 7.26. The summed E-state index contributed by atoms with van der Waals surface area (Å²) in [6.45, 7) is 2.32. The number of carbonyl (C=O) groups is 2. The number of hydrogen-bond donors (Lipinski definition) is 0. The minimum atomic E-state index is -0.504. The van der Waals surface area contributed by atoms with Crippen LogP contribution >= 0.6 is 0 Å². The Kier molecular flexibility index (Phi) is 3.50. The zero-order chi connectivity index (χ0) is 15.7. The molecule has 3 aromatic rings. The van der Waals surface area contributed by atoms with Crippen LogP contribution in [0.4, 0.5) is 0 Å². The summed E-state index contributed by atoms with van der Waals surface area (Å²) in [5.74, 6) is -0.330. The Bertz CT molecular complexity index is 860. The lowest BCUT2D eigenvalue weighted by molar-refractivity contribution is 0.0567. The van der Waals surface area contributed by atoms with Crippen molar-refractivity contribution >= 4 is 23.2 Å². The van der Waals surface area contributed by atoms with Gasteiger partial charge in [0.25, 0.3) is 0 Å². The second kappa shape index (κ2) is 5.48. The van der Waals surface area contributed by atoms with Gasteiger partial charge in [-0.2, -0.15) is 5.10 Å². The fraction of sp³-hybridized carbons (Fsp3) is 0.188. The number of methoxy groups -OCH3 is 1. The SMILES string of the molecule is COC(=O)c1cc2cc(Cn3cc(C=O)c(C)n3)ccc2o1. The van der Waals surface area contributed by atoms with Crippen LogP contribution in [0.25, 0.3) is 11.0 Å². The summed E-state index contributed by atoms with van der Waals surface area (Å²) in [4.78, 5) is 22.3. The molecule has 0 saturated heterocycles. The number of ether oxygens (including phenoxy) is 1. The molecule has 0 N–H and O–H groups in total. The van der Waals surface area contributed by atoms with Crippen LogP contribution in [0.5, 0.6) is 0 Å². The van der Waals surface area contributed by atoms with E-state index in [1.165, 1.54) is 7.11 Å². The van der Waals surface area contributed by atoms with Crippen molar-refractivity contribution in [3.05, 3.63) is 53.0 Å². The quantitative estimate of drug-likeness (QED) is 0.546. The number of furan rings is 1. The van der Waals surface area contributed by atoms with Crippen LogP contribution in [-0.2, 0) is 11.3 Å². The van der Waals surface area contributed by atoms with Gasteiger partial charge in [0.1, 0.15) is 5.58 Å². The molecule has 0 aliphatic carbocycles. The van der Waals surface area contributed by atoms with Gasteiger partial charge < -0.3 is 9.15 Å². The molecule has 1 aromatic carbocycles. The third-order valence-corrected chi connectivity index (χ3v) is 3.42. The third kappa shape index (κ3) is 2.50. The van der Waals surface area contributed by atoms with Crippen molar-refractivity contribution in [2.75, 3.05) is 7.11 Å². The first kappa shape index (κ1) is 14.1. The summed E-state index contributed by atoms with van der Waals surface area (Å²) in [5, 5.41) is 5.11. The Morgan fingerprint density at radius 2 is 2.23 bits per heavy atom. The van der Waals surface area contributed by atoms with Gasteiger partial charge >= 0.3 is 5.97 Å². The van der Waals surface area contributed by atoms with Crippen LogP contribution < -0.4 is 0 Å². The van der Waals surface area contributed by atoms with Gasteiger partial charge in [0, 0.05) is 11.6 Å². The number of aromatic nitrogens is 2. The lowest BCUT2D eigenvalue weighted by Crippen LogP contribution is -2.00. The van der Waals surface area contributed by atoms with Gasteiger partial charge in [0.2, 0.25) is 5.76 Å². The number of esters is 1. The van der Waals surface area contributed by atoms with Crippen molar-refractivity contribution in [3.63, 3.8) is 0 Å². The Morgan fingerprint density at radius 1 is 1.41 bits per heavy atom. The Hall–Kier alpha value is -2.89. The fourth-order valence-electron chi connectivity index (χ4n) is 2.31. The van der Waals surface area contributed by atoms with Gasteiger partial charge in [0.15, 0.2) is 6.29 Å². The van der Waals surface area contributed by atoms with E-state index in [-0.39, 0.29) is 5.76 Å². The van der Waals surface area contributed by atoms with E-state index < -0.39 is 5.97 Å². The minimum absolute atomic E-state index is 0.174. The van der Waals surface area contributed by atoms with Crippen molar-refractivity contribution in [3.8, 4) is 0 Å². The maximum absolute atomic E-state index is 11.5. The predicted octanol–water partition coefficient (Wildman–Crippen LogP) is 2.59. The number of aryl methyl sites for hydroxylation is 1. The number of carbonyl (C=O) groups excluding carboxylic acids is 2. The number of fused-ring (bicyclic) bond motifs is 1. The molecule has 0 unspecified atom stereocenters. The molecule has 2 aromatic heterocycles. The smallest absolute Gasteiger partial charge is 0.373 e. The highest BCUT2D eigenvalue weighted by Gasteiger charge is 2.13. The number of aldehydes is 1. The molecule has 0 saturated carbocycles. The van der Waals surface area contributed by atoms with Crippen molar-refractivity contribution in [1.29, 1.82) is 0 Å². The monoisotopic (exact) mass is 298 g/mol. The highest BCUT2D eigenvalue weighted by atomic mass is 16.5. The largest absolute Gasteiger partial charge is 0.463 e. The van der Waals surface area contributed by atoms with E-state index in [1.807, 2.05) is 12.1 Å². The standard InChI is InChI=1S/C16H14N2O4/c1-10-13(9-19)8-18(17-10)7-11-3-4-14-12(5-11)6-15(22-14)16(20)21-2/h3-6,8-9H,7H2,1-2H3. The molecule has 112 valence electrons. The number of nitrogens with zero attached hydrogens (tertiary/aromatic N) is 2. The van der Waals surface area contributed by atoms with Crippen LogP contribution in [0, 0.1) is 6.92 Å². The fourth-order valence-corrected chi connectivity index (χ4v) is 2.31. The highest BCUT2D eigenvalue weighted by Crippen LogP contribution is 2.22. The van der Waals surface area contributed by atoms with E-state index in [0.717, 1.165) is 17.2 Å². The summed E-state index contributed by atoms with van der Waals surface area (Å²) in [7, 11) is 1.31. The van der Waals surface area contributed by atoms with E-state index in [4.69, 9.17) is 4.42 Å². The first-order chi connectivity index (χ1) is 10.6. The zero-order valence-corrected chi connectivity index (χ0v) is 12.2. The molecular formula is C16H14N2O4. The normalized spacial score (nSPS) is 10.8. The molecule has 22 heavy (non-hydrogen) atoms. The molecule has 0 aliphatic rings.